The maximum absolute atomic E-state index is 10.6. The molecule has 0 spiro atoms. The van der Waals surface area contributed by atoms with E-state index in [0.717, 1.165) is 22.6 Å². The predicted molar refractivity (Wildman–Crippen MR) is 82.2 cm³/mol. The van der Waals surface area contributed by atoms with Crippen LogP contribution in [0.2, 0.25) is 0 Å². The van der Waals surface area contributed by atoms with Crippen LogP contribution < -0.4 is 5.32 Å². The minimum atomic E-state index is -0.778. The molecule has 21 heavy (non-hydrogen) atoms. The van der Waals surface area contributed by atoms with Crippen molar-refractivity contribution in [1.29, 1.82) is 0 Å². The van der Waals surface area contributed by atoms with Crippen molar-refractivity contribution >= 4 is 11.8 Å². The number of hydrogen-bond acceptors (Lipinski definition) is 4. The van der Waals surface area contributed by atoms with Crippen LogP contribution in [0.5, 0.6) is 0 Å². The summed E-state index contributed by atoms with van der Waals surface area (Å²) in [6, 6.07) is 10.0. The van der Waals surface area contributed by atoms with Crippen LogP contribution in [0.15, 0.2) is 36.7 Å². The van der Waals surface area contributed by atoms with Gasteiger partial charge in [-0.1, -0.05) is 24.3 Å². The molecule has 0 saturated heterocycles. The Balaban J connectivity index is 2.13. The van der Waals surface area contributed by atoms with Gasteiger partial charge in [0.25, 0.3) is 0 Å². The van der Waals surface area contributed by atoms with Gasteiger partial charge in [0.15, 0.2) is 0 Å². The number of aromatic nitrogens is 2. The van der Waals surface area contributed by atoms with Crippen LogP contribution in [0, 0.1) is 0 Å². The van der Waals surface area contributed by atoms with Gasteiger partial charge in [-0.3, -0.25) is 4.79 Å². The Morgan fingerprint density at radius 3 is 2.57 bits per heavy atom. The molecule has 0 unspecified atom stereocenters. The lowest BCUT2D eigenvalue weighted by Crippen LogP contribution is -2.11. The molecule has 2 aromatic rings. The van der Waals surface area contributed by atoms with E-state index in [0.29, 0.717) is 12.5 Å². The van der Waals surface area contributed by atoms with Crippen LogP contribution in [0.25, 0.3) is 11.3 Å². The summed E-state index contributed by atoms with van der Waals surface area (Å²) in [5, 5.41) is 11.9. The lowest BCUT2D eigenvalue weighted by atomic mass is 10.1. The highest BCUT2D eigenvalue weighted by molar-refractivity contribution is 5.67. The second-order valence-corrected chi connectivity index (χ2v) is 5.18. The zero-order valence-corrected chi connectivity index (χ0v) is 12.2. The average molecular weight is 285 g/mol. The third kappa shape index (κ3) is 4.56. The molecule has 5 heteroatoms. The quantitative estimate of drug-likeness (QED) is 0.853. The summed E-state index contributed by atoms with van der Waals surface area (Å²) in [5.74, 6) is 0.0178. The number of nitrogens with one attached hydrogen (secondary N) is 1. The van der Waals surface area contributed by atoms with Crippen LogP contribution in [0.4, 0.5) is 5.82 Å². The highest BCUT2D eigenvalue weighted by Gasteiger charge is 2.04. The standard InChI is InChI=1S/C16H19N3O2/c1-11(2)19-15-9-14(17-10-18-15)13-6-3-12(4-7-13)5-8-16(20)21/h3-4,6-7,9-11H,5,8H2,1-2H3,(H,20,21)(H,17,18,19). The summed E-state index contributed by atoms with van der Waals surface area (Å²) in [5.41, 5.74) is 2.84. The van der Waals surface area contributed by atoms with E-state index >= 15 is 0 Å². The smallest absolute Gasteiger partial charge is 0.303 e. The fourth-order valence-corrected chi connectivity index (χ4v) is 1.98. The van der Waals surface area contributed by atoms with Crippen LogP contribution in [-0.2, 0) is 11.2 Å². The lowest BCUT2D eigenvalue weighted by molar-refractivity contribution is -0.136. The molecule has 0 aliphatic carbocycles. The van der Waals surface area contributed by atoms with Crippen molar-refractivity contribution < 1.29 is 9.90 Å². The Kier molecular flexibility index (Phi) is 4.87. The average Bonchev–Trinajstić information content (AvgIpc) is 2.45. The van der Waals surface area contributed by atoms with Gasteiger partial charge in [0.05, 0.1) is 5.69 Å². The van der Waals surface area contributed by atoms with Crippen LogP contribution in [-0.4, -0.2) is 27.1 Å². The third-order valence-electron chi connectivity index (χ3n) is 2.98. The van der Waals surface area contributed by atoms with E-state index in [1.807, 2.05) is 30.3 Å². The van der Waals surface area contributed by atoms with Gasteiger partial charge in [0, 0.05) is 24.1 Å². The van der Waals surface area contributed by atoms with Gasteiger partial charge >= 0.3 is 5.97 Å². The number of hydrogen-bond donors (Lipinski definition) is 2. The molecule has 0 aliphatic heterocycles. The molecule has 0 amide bonds. The highest BCUT2D eigenvalue weighted by Crippen LogP contribution is 2.20. The van der Waals surface area contributed by atoms with E-state index in [-0.39, 0.29) is 6.42 Å². The maximum Gasteiger partial charge on any atom is 0.303 e. The van der Waals surface area contributed by atoms with Gasteiger partial charge in [-0.2, -0.15) is 0 Å². The number of carbonyl (C=O) groups is 1. The largest absolute Gasteiger partial charge is 0.481 e. The van der Waals surface area contributed by atoms with Gasteiger partial charge in [0.2, 0.25) is 0 Å². The van der Waals surface area contributed by atoms with Gasteiger partial charge in [-0.05, 0) is 25.8 Å². The normalized spacial score (nSPS) is 10.6. The van der Waals surface area contributed by atoms with Crippen molar-refractivity contribution in [2.75, 3.05) is 5.32 Å². The Hall–Kier alpha value is -2.43. The lowest BCUT2D eigenvalue weighted by Gasteiger charge is -2.10. The molecule has 0 bridgehead atoms. The zero-order chi connectivity index (χ0) is 15.2. The number of aliphatic carboxylic acids is 1. The third-order valence-corrected chi connectivity index (χ3v) is 2.98. The van der Waals surface area contributed by atoms with Crippen molar-refractivity contribution in [2.45, 2.75) is 32.7 Å². The Morgan fingerprint density at radius 2 is 1.95 bits per heavy atom. The van der Waals surface area contributed by atoms with Gasteiger partial charge < -0.3 is 10.4 Å². The van der Waals surface area contributed by atoms with E-state index in [2.05, 4.69) is 29.1 Å². The number of rotatable bonds is 6. The summed E-state index contributed by atoms with van der Waals surface area (Å²) < 4.78 is 0. The summed E-state index contributed by atoms with van der Waals surface area (Å²) in [6.45, 7) is 4.11. The molecule has 2 rings (SSSR count). The predicted octanol–water partition coefficient (Wildman–Crippen LogP) is 2.98. The van der Waals surface area contributed by atoms with E-state index in [1.54, 1.807) is 6.33 Å². The minimum Gasteiger partial charge on any atom is -0.481 e. The van der Waals surface area contributed by atoms with Crippen LogP contribution in [0.3, 0.4) is 0 Å². The second-order valence-electron chi connectivity index (χ2n) is 5.18. The number of benzene rings is 1. The number of anilines is 1. The first-order valence-electron chi connectivity index (χ1n) is 6.94. The monoisotopic (exact) mass is 285 g/mol. The van der Waals surface area contributed by atoms with Gasteiger partial charge in [-0.25, -0.2) is 9.97 Å². The molecule has 110 valence electrons. The van der Waals surface area contributed by atoms with Gasteiger partial charge in [-0.15, -0.1) is 0 Å². The Bertz CT molecular complexity index is 609. The van der Waals surface area contributed by atoms with Crippen molar-refractivity contribution in [3.63, 3.8) is 0 Å². The second kappa shape index (κ2) is 6.83. The number of carboxylic acid groups (broad SMARTS) is 1. The molecule has 0 atom stereocenters. The van der Waals surface area contributed by atoms with Crippen molar-refractivity contribution in [2.24, 2.45) is 0 Å². The highest BCUT2D eigenvalue weighted by atomic mass is 16.4. The molecular weight excluding hydrogens is 266 g/mol. The molecule has 0 saturated carbocycles. The first kappa shape index (κ1) is 15.0. The minimum absolute atomic E-state index is 0.148. The molecule has 5 nitrogen and oxygen atoms in total. The fraction of sp³-hybridized carbons (Fsp3) is 0.312. The number of aryl methyl sites for hydroxylation is 1. The van der Waals surface area contributed by atoms with Crippen molar-refractivity contribution in [3.8, 4) is 11.3 Å². The molecule has 0 fully saturated rings. The van der Waals surface area contributed by atoms with Crippen molar-refractivity contribution in [1.82, 2.24) is 9.97 Å². The molecule has 0 aliphatic rings. The Morgan fingerprint density at radius 1 is 1.24 bits per heavy atom. The molecule has 0 radical (unpaired) electrons. The first-order valence-corrected chi connectivity index (χ1v) is 6.94. The molecule has 1 aromatic heterocycles. The van der Waals surface area contributed by atoms with E-state index in [9.17, 15) is 4.79 Å². The topological polar surface area (TPSA) is 75.1 Å². The maximum atomic E-state index is 10.6. The number of nitrogens with zero attached hydrogens (tertiary/aromatic N) is 2. The Labute approximate surface area is 124 Å². The molecular formula is C16H19N3O2. The SMILES string of the molecule is CC(C)Nc1cc(-c2ccc(CCC(=O)O)cc2)ncn1. The zero-order valence-electron chi connectivity index (χ0n) is 12.2. The fourth-order valence-electron chi connectivity index (χ4n) is 1.98. The van der Waals surface area contributed by atoms with Crippen molar-refractivity contribution in [3.05, 3.63) is 42.2 Å². The van der Waals surface area contributed by atoms with E-state index < -0.39 is 5.97 Å². The molecule has 1 heterocycles. The van der Waals surface area contributed by atoms with E-state index in [1.165, 1.54) is 0 Å². The van der Waals surface area contributed by atoms with Crippen LogP contribution in [0.1, 0.15) is 25.8 Å². The van der Waals surface area contributed by atoms with Crippen LogP contribution >= 0.6 is 0 Å². The van der Waals surface area contributed by atoms with Gasteiger partial charge in [0.1, 0.15) is 12.1 Å². The van der Waals surface area contributed by atoms with E-state index in [4.69, 9.17) is 5.11 Å². The summed E-state index contributed by atoms with van der Waals surface area (Å²) in [6.07, 6.45) is 2.23. The number of carboxylic acids is 1. The molecule has 2 N–H and O–H groups in total. The first-order chi connectivity index (χ1) is 10.0. The summed E-state index contributed by atoms with van der Waals surface area (Å²) in [4.78, 5) is 19.0. The summed E-state index contributed by atoms with van der Waals surface area (Å²) >= 11 is 0. The summed E-state index contributed by atoms with van der Waals surface area (Å²) in [7, 11) is 0. The molecule has 1 aromatic carbocycles.